The Balaban J connectivity index is 1.20. The van der Waals surface area contributed by atoms with Gasteiger partial charge in [0.05, 0.1) is 38.8 Å². The first-order valence-electron chi connectivity index (χ1n) is 19.2. The summed E-state index contributed by atoms with van der Waals surface area (Å²) in [5.41, 5.74) is 14.5. The first-order chi connectivity index (χ1) is 27.8. The smallest absolute Gasteiger partial charge is 0.165 e. The van der Waals surface area contributed by atoms with E-state index in [9.17, 15) is 0 Å². The van der Waals surface area contributed by atoms with Crippen molar-refractivity contribution in [3.05, 3.63) is 182 Å². The molecule has 1 aliphatic rings. The van der Waals surface area contributed by atoms with Crippen LogP contribution in [0.2, 0.25) is 0 Å². The molecule has 3 aromatic heterocycles. The van der Waals surface area contributed by atoms with Gasteiger partial charge in [-0.05, 0) is 63.7 Å². The highest BCUT2D eigenvalue weighted by Gasteiger charge is 2.26. The lowest BCUT2D eigenvalue weighted by atomic mass is 9.94. The molecule has 0 fully saturated rings. The summed E-state index contributed by atoms with van der Waals surface area (Å²) in [5, 5.41) is 9.41. The Labute approximate surface area is 321 Å². The Bertz CT molecular complexity index is 3660. The Morgan fingerprint density at radius 3 is 1.86 bits per heavy atom. The first-order valence-corrected chi connectivity index (χ1v) is 19.2. The number of benzene rings is 9. The molecule has 4 heteroatoms. The van der Waals surface area contributed by atoms with Gasteiger partial charge in [0.1, 0.15) is 5.69 Å². The van der Waals surface area contributed by atoms with E-state index in [4.69, 9.17) is 9.97 Å². The summed E-state index contributed by atoms with van der Waals surface area (Å²) >= 11 is 0. The van der Waals surface area contributed by atoms with Gasteiger partial charge in [-0.25, -0.2) is 9.97 Å². The van der Waals surface area contributed by atoms with Crippen LogP contribution in [0.5, 0.6) is 0 Å². The zero-order valence-electron chi connectivity index (χ0n) is 30.1. The molecular weight excluding hydrogens is 681 g/mol. The van der Waals surface area contributed by atoms with Crippen molar-refractivity contribution in [1.29, 1.82) is 0 Å². The molecule has 4 nitrogen and oxygen atoms in total. The maximum absolute atomic E-state index is 5.65. The molecule has 13 rings (SSSR count). The number of nitrogens with zero attached hydrogens (tertiary/aromatic N) is 4. The van der Waals surface area contributed by atoms with E-state index in [1.807, 2.05) is 0 Å². The summed E-state index contributed by atoms with van der Waals surface area (Å²) in [6.45, 7) is 0. The van der Waals surface area contributed by atoms with Gasteiger partial charge in [-0.3, -0.25) is 4.57 Å². The quantitative estimate of drug-likeness (QED) is 0.167. The number of para-hydroxylation sites is 3. The lowest BCUT2D eigenvalue weighted by molar-refractivity contribution is 1.08. The fourth-order valence-electron chi connectivity index (χ4n) is 9.54. The van der Waals surface area contributed by atoms with Crippen LogP contribution in [0.25, 0.3) is 121 Å². The molecule has 12 aromatic rings. The zero-order valence-corrected chi connectivity index (χ0v) is 30.1. The lowest BCUT2D eigenvalue weighted by Gasteiger charge is -2.15. The van der Waals surface area contributed by atoms with Crippen LogP contribution in [-0.2, 0) is 0 Å². The number of fused-ring (bicyclic) bond motifs is 15. The van der Waals surface area contributed by atoms with Gasteiger partial charge < -0.3 is 4.57 Å². The minimum atomic E-state index is 0.819. The van der Waals surface area contributed by atoms with Crippen molar-refractivity contribution in [3.63, 3.8) is 0 Å². The highest BCUT2D eigenvalue weighted by molar-refractivity contribution is 6.22. The third-order valence-electron chi connectivity index (χ3n) is 12.0. The molecule has 9 aromatic carbocycles. The second kappa shape index (κ2) is 11.0. The second-order valence-electron chi connectivity index (χ2n) is 15.0. The summed E-state index contributed by atoms with van der Waals surface area (Å²) in [4.78, 5) is 11.1. The van der Waals surface area contributed by atoms with Crippen LogP contribution in [0, 0.1) is 0 Å². The van der Waals surface area contributed by atoms with Crippen LogP contribution < -0.4 is 0 Å². The van der Waals surface area contributed by atoms with E-state index in [-0.39, 0.29) is 0 Å². The van der Waals surface area contributed by atoms with E-state index in [2.05, 4.69) is 191 Å². The molecule has 0 atom stereocenters. The molecule has 0 radical (unpaired) electrons. The maximum Gasteiger partial charge on any atom is 0.165 e. The molecule has 0 bridgehead atoms. The fourth-order valence-corrected chi connectivity index (χ4v) is 9.54. The molecule has 0 saturated heterocycles. The molecular formula is C52H30N4. The third-order valence-corrected chi connectivity index (χ3v) is 12.0. The van der Waals surface area contributed by atoms with Crippen molar-refractivity contribution in [2.24, 2.45) is 0 Å². The van der Waals surface area contributed by atoms with Crippen LogP contribution in [0.3, 0.4) is 0 Å². The fraction of sp³-hybridized carbons (Fsp3) is 0. The van der Waals surface area contributed by atoms with E-state index < -0.39 is 0 Å². The van der Waals surface area contributed by atoms with Crippen molar-refractivity contribution in [2.45, 2.75) is 0 Å². The third kappa shape index (κ3) is 3.97. The van der Waals surface area contributed by atoms with Gasteiger partial charge in [0, 0.05) is 43.6 Å². The van der Waals surface area contributed by atoms with E-state index in [1.165, 1.54) is 71.3 Å². The average Bonchev–Trinajstić information content (AvgIpc) is 3.72. The lowest BCUT2D eigenvalue weighted by Crippen LogP contribution is -2.04. The Morgan fingerprint density at radius 2 is 0.982 bits per heavy atom. The molecule has 0 saturated carbocycles. The van der Waals surface area contributed by atoms with Crippen molar-refractivity contribution in [2.75, 3.05) is 0 Å². The highest BCUT2D eigenvalue weighted by Crippen LogP contribution is 2.48. The van der Waals surface area contributed by atoms with Crippen LogP contribution in [0.4, 0.5) is 0 Å². The van der Waals surface area contributed by atoms with Crippen molar-refractivity contribution in [3.8, 4) is 45.0 Å². The van der Waals surface area contributed by atoms with Crippen LogP contribution in [-0.4, -0.2) is 19.1 Å². The van der Waals surface area contributed by atoms with Gasteiger partial charge in [0.25, 0.3) is 0 Å². The molecule has 4 heterocycles. The van der Waals surface area contributed by atoms with E-state index >= 15 is 0 Å². The molecule has 1 aliphatic heterocycles. The van der Waals surface area contributed by atoms with Crippen LogP contribution in [0.15, 0.2) is 182 Å². The highest BCUT2D eigenvalue weighted by atomic mass is 15.1. The van der Waals surface area contributed by atoms with E-state index in [1.54, 1.807) is 0 Å². The molecule has 0 N–H and O–H groups in total. The minimum Gasteiger partial charge on any atom is -0.308 e. The van der Waals surface area contributed by atoms with Gasteiger partial charge in [-0.2, -0.15) is 0 Å². The Kier molecular flexibility index (Phi) is 5.86. The van der Waals surface area contributed by atoms with E-state index in [0.29, 0.717) is 0 Å². The predicted molar refractivity (Wildman–Crippen MR) is 233 cm³/mol. The Morgan fingerprint density at radius 1 is 0.357 bits per heavy atom. The van der Waals surface area contributed by atoms with Gasteiger partial charge in [-0.1, -0.05) is 146 Å². The summed E-state index contributed by atoms with van der Waals surface area (Å²) < 4.78 is 4.87. The minimum absolute atomic E-state index is 0.819. The Hall–Kier alpha value is -7.56. The predicted octanol–water partition coefficient (Wildman–Crippen LogP) is 13.4. The normalized spacial score (nSPS) is 12.3. The van der Waals surface area contributed by atoms with Gasteiger partial charge in [-0.15, -0.1) is 0 Å². The molecule has 258 valence electrons. The number of aromatic nitrogens is 4. The SMILES string of the molecule is c1ccc2c(c1)-c1ccccc1-n1c3cc4c5ccccc5n(-c5nc6c(ccc7ccccc76)nc5-c5ccc6ccccc6c5)c4cc3c3cccc-2c31. The van der Waals surface area contributed by atoms with Gasteiger partial charge in [0.2, 0.25) is 0 Å². The van der Waals surface area contributed by atoms with Crippen molar-refractivity contribution < 1.29 is 0 Å². The summed E-state index contributed by atoms with van der Waals surface area (Å²) in [6, 6.07) is 66.0. The maximum atomic E-state index is 5.65. The molecule has 0 amide bonds. The van der Waals surface area contributed by atoms with Crippen molar-refractivity contribution >= 4 is 76.2 Å². The van der Waals surface area contributed by atoms with Gasteiger partial charge in [0.15, 0.2) is 5.82 Å². The summed E-state index contributed by atoms with van der Waals surface area (Å²) in [6.07, 6.45) is 0. The zero-order chi connectivity index (χ0) is 36.5. The molecule has 0 unspecified atom stereocenters. The topological polar surface area (TPSA) is 35.6 Å². The monoisotopic (exact) mass is 710 g/mol. The largest absolute Gasteiger partial charge is 0.308 e. The standard InChI is InChI=1S/C52H30N4/c1-2-14-33-28-34(25-24-31(33)12-1)49-52(54-50-35-15-4-3-13-32(35)26-27-44(50)53-49)56-46-23-10-8-19-39(46)42-29-47-43(30-48(42)56)41-21-11-20-40-37-17-6-5-16-36(37)38-18-7-9-22-45(38)55(47)51(40)41/h1-30H. The molecule has 0 spiro atoms. The summed E-state index contributed by atoms with van der Waals surface area (Å²) in [5.74, 6) is 0.819. The van der Waals surface area contributed by atoms with Crippen LogP contribution in [0.1, 0.15) is 0 Å². The summed E-state index contributed by atoms with van der Waals surface area (Å²) in [7, 11) is 0. The molecule has 0 aliphatic carbocycles. The number of rotatable bonds is 2. The number of hydrogen-bond acceptors (Lipinski definition) is 2. The van der Waals surface area contributed by atoms with Crippen LogP contribution >= 0.6 is 0 Å². The number of hydrogen-bond donors (Lipinski definition) is 0. The van der Waals surface area contributed by atoms with Gasteiger partial charge >= 0.3 is 0 Å². The first kappa shape index (κ1) is 29.8. The van der Waals surface area contributed by atoms with E-state index in [0.717, 1.165) is 49.9 Å². The average molecular weight is 711 g/mol. The van der Waals surface area contributed by atoms with Crippen molar-refractivity contribution in [1.82, 2.24) is 19.1 Å². The molecule has 56 heavy (non-hydrogen) atoms. The second-order valence-corrected chi connectivity index (χ2v) is 15.0.